The van der Waals surface area contributed by atoms with E-state index in [1.807, 2.05) is 0 Å². The number of benzene rings is 1. The van der Waals surface area contributed by atoms with E-state index in [-0.39, 0.29) is 17.8 Å². The maximum absolute atomic E-state index is 12.5. The van der Waals surface area contributed by atoms with Gasteiger partial charge in [-0.15, -0.1) is 0 Å². The Balaban J connectivity index is 3.11. The van der Waals surface area contributed by atoms with E-state index in [0.29, 0.717) is 5.56 Å². The molecule has 0 bridgehead atoms. The molecule has 82 valence electrons. The van der Waals surface area contributed by atoms with E-state index in [0.717, 1.165) is 6.07 Å². The second-order valence-corrected chi connectivity index (χ2v) is 3.53. The summed E-state index contributed by atoms with van der Waals surface area (Å²) < 4.78 is 37.4. The fourth-order valence-corrected chi connectivity index (χ4v) is 1.37. The molecule has 0 amide bonds. The van der Waals surface area contributed by atoms with Crippen molar-refractivity contribution < 1.29 is 18.0 Å². The van der Waals surface area contributed by atoms with Crippen LogP contribution in [0.15, 0.2) is 18.2 Å². The molecule has 1 aromatic rings. The van der Waals surface area contributed by atoms with Gasteiger partial charge in [-0.25, -0.2) is 0 Å². The summed E-state index contributed by atoms with van der Waals surface area (Å²) >= 11 is 0. The minimum atomic E-state index is -4.35. The maximum Gasteiger partial charge on any atom is 0.416 e. The number of ketones is 1. The van der Waals surface area contributed by atoms with Crippen molar-refractivity contribution in [2.45, 2.75) is 26.4 Å². The van der Waals surface area contributed by atoms with Crippen LogP contribution in [0, 0.1) is 6.92 Å². The van der Waals surface area contributed by atoms with Crippen molar-refractivity contribution in [2.24, 2.45) is 0 Å². The van der Waals surface area contributed by atoms with E-state index in [2.05, 4.69) is 0 Å². The van der Waals surface area contributed by atoms with Gasteiger partial charge in [-0.3, -0.25) is 4.79 Å². The van der Waals surface area contributed by atoms with E-state index in [9.17, 15) is 18.0 Å². The van der Waals surface area contributed by atoms with Gasteiger partial charge in [0.25, 0.3) is 0 Å². The normalized spacial score (nSPS) is 11.5. The number of hydrogen-bond donors (Lipinski definition) is 0. The second kappa shape index (κ2) is 4.04. The molecule has 4 heteroatoms. The Kier molecular flexibility index (Phi) is 3.17. The lowest BCUT2D eigenvalue weighted by Gasteiger charge is -2.11. The molecule has 0 aromatic heterocycles. The Labute approximate surface area is 85.9 Å². The Morgan fingerprint density at radius 1 is 1.33 bits per heavy atom. The van der Waals surface area contributed by atoms with Gasteiger partial charge < -0.3 is 0 Å². The van der Waals surface area contributed by atoms with Crippen molar-refractivity contribution >= 4 is 5.78 Å². The summed E-state index contributed by atoms with van der Waals surface area (Å²) in [4.78, 5) is 10.8. The predicted octanol–water partition coefficient (Wildman–Crippen LogP) is 3.15. The van der Waals surface area contributed by atoms with Crippen LogP contribution >= 0.6 is 0 Å². The summed E-state index contributed by atoms with van der Waals surface area (Å²) in [6.07, 6.45) is -4.31. The zero-order valence-electron chi connectivity index (χ0n) is 8.48. The zero-order chi connectivity index (χ0) is 11.6. The van der Waals surface area contributed by atoms with Gasteiger partial charge in [0.2, 0.25) is 0 Å². The van der Waals surface area contributed by atoms with Gasteiger partial charge in [0.05, 0.1) is 5.56 Å². The number of hydrogen-bond acceptors (Lipinski definition) is 1. The molecule has 1 aromatic carbocycles. The molecule has 0 saturated carbocycles. The van der Waals surface area contributed by atoms with E-state index in [1.165, 1.54) is 19.9 Å². The molecule has 0 N–H and O–H groups in total. The van der Waals surface area contributed by atoms with Crippen LogP contribution in [0.1, 0.15) is 23.6 Å². The van der Waals surface area contributed by atoms with E-state index in [4.69, 9.17) is 0 Å². The SMILES string of the molecule is CC(=O)Cc1ccc(C)c(C(F)(F)F)c1. The van der Waals surface area contributed by atoms with Gasteiger partial charge in [-0.2, -0.15) is 13.2 Å². The van der Waals surface area contributed by atoms with E-state index < -0.39 is 11.7 Å². The van der Waals surface area contributed by atoms with Crippen molar-refractivity contribution in [3.63, 3.8) is 0 Å². The Hall–Kier alpha value is -1.32. The monoisotopic (exact) mass is 216 g/mol. The first-order valence-electron chi connectivity index (χ1n) is 4.47. The highest BCUT2D eigenvalue weighted by atomic mass is 19.4. The lowest BCUT2D eigenvalue weighted by molar-refractivity contribution is -0.138. The topological polar surface area (TPSA) is 17.1 Å². The van der Waals surface area contributed by atoms with Crippen LogP contribution in [-0.4, -0.2) is 5.78 Å². The van der Waals surface area contributed by atoms with Crippen molar-refractivity contribution in [2.75, 3.05) is 0 Å². The first-order chi connectivity index (χ1) is 6.80. The molecule has 0 aliphatic rings. The average Bonchev–Trinajstić information content (AvgIpc) is 2.05. The standard InChI is InChI=1S/C11H11F3O/c1-7-3-4-9(5-8(2)15)6-10(7)11(12,13)14/h3-4,6H,5H2,1-2H3. The highest BCUT2D eigenvalue weighted by molar-refractivity contribution is 5.78. The number of carbonyl (C=O) groups is 1. The molecule has 0 aliphatic heterocycles. The molecule has 0 unspecified atom stereocenters. The average molecular weight is 216 g/mol. The molecule has 0 aliphatic carbocycles. The Morgan fingerprint density at radius 3 is 2.40 bits per heavy atom. The quantitative estimate of drug-likeness (QED) is 0.742. The van der Waals surface area contributed by atoms with Crippen molar-refractivity contribution in [3.05, 3.63) is 34.9 Å². The van der Waals surface area contributed by atoms with Crippen LogP contribution in [0.4, 0.5) is 13.2 Å². The molecule has 0 fully saturated rings. The maximum atomic E-state index is 12.5. The summed E-state index contributed by atoms with van der Waals surface area (Å²) in [5.41, 5.74) is -0.0866. The third-order valence-electron chi connectivity index (χ3n) is 2.06. The molecular weight excluding hydrogens is 205 g/mol. The van der Waals surface area contributed by atoms with Crippen LogP contribution in [-0.2, 0) is 17.4 Å². The van der Waals surface area contributed by atoms with Crippen LogP contribution in [0.3, 0.4) is 0 Å². The van der Waals surface area contributed by atoms with Crippen LogP contribution in [0.5, 0.6) is 0 Å². The highest BCUT2D eigenvalue weighted by Gasteiger charge is 2.32. The summed E-state index contributed by atoms with van der Waals surface area (Å²) in [6.45, 7) is 2.76. The molecule has 0 saturated heterocycles. The first-order valence-corrected chi connectivity index (χ1v) is 4.47. The largest absolute Gasteiger partial charge is 0.416 e. The minimum absolute atomic E-state index is 0.0450. The van der Waals surface area contributed by atoms with Gasteiger partial charge in [-0.05, 0) is 31.0 Å². The van der Waals surface area contributed by atoms with Gasteiger partial charge in [-0.1, -0.05) is 12.1 Å². The lowest BCUT2D eigenvalue weighted by atomic mass is 10.0. The summed E-state index contributed by atoms with van der Waals surface area (Å²) in [7, 11) is 0. The third-order valence-corrected chi connectivity index (χ3v) is 2.06. The van der Waals surface area contributed by atoms with Crippen LogP contribution in [0.25, 0.3) is 0 Å². The summed E-state index contributed by atoms with van der Waals surface area (Å²) in [6, 6.07) is 3.98. The van der Waals surface area contributed by atoms with E-state index >= 15 is 0 Å². The van der Waals surface area contributed by atoms with Crippen molar-refractivity contribution in [1.29, 1.82) is 0 Å². The number of rotatable bonds is 2. The smallest absolute Gasteiger partial charge is 0.300 e. The Bertz CT molecular complexity index is 380. The number of halogens is 3. The fraction of sp³-hybridized carbons (Fsp3) is 0.364. The van der Waals surface area contributed by atoms with Gasteiger partial charge in [0.15, 0.2) is 0 Å². The minimum Gasteiger partial charge on any atom is -0.300 e. The Morgan fingerprint density at radius 2 is 1.93 bits per heavy atom. The zero-order valence-corrected chi connectivity index (χ0v) is 8.48. The molecule has 15 heavy (non-hydrogen) atoms. The summed E-state index contributed by atoms with van der Waals surface area (Å²) in [5, 5.41) is 0. The molecule has 0 atom stereocenters. The van der Waals surface area contributed by atoms with Crippen molar-refractivity contribution in [1.82, 2.24) is 0 Å². The molecular formula is C11H11F3O. The molecule has 0 radical (unpaired) electrons. The summed E-state index contributed by atoms with van der Waals surface area (Å²) in [5.74, 6) is -0.146. The predicted molar refractivity (Wildman–Crippen MR) is 50.6 cm³/mol. The van der Waals surface area contributed by atoms with Gasteiger partial charge in [0, 0.05) is 6.42 Å². The first kappa shape index (κ1) is 11.8. The third kappa shape index (κ3) is 3.08. The lowest BCUT2D eigenvalue weighted by Crippen LogP contribution is -2.09. The number of alkyl halides is 3. The molecule has 0 spiro atoms. The molecule has 1 rings (SSSR count). The second-order valence-electron chi connectivity index (χ2n) is 3.53. The van der Waals surface area contributed by atoms with Gasteiger partial charge >= 0.3 is 6.18 Å². The number of Topliss-reactive ketones (excluding diaryl/α,β-unsaturated/α-hetero) is 1. The van der Waals surface area contributed by atoms with Crippen LogP contribution < -0.4 is 0 Å². The van der Waals surface area contributed by atoms with Crippen LogP contribution in [0.2, 0.25) is 0 Å². The number of carbonyl (C=O) groups excluding carboxylic acids is 1. The molecule has 0 heterocycles. The number of aryl methyl sites for hydroxylation is 1. The van der Waals surface area contributed by atoms with Gasteiger partial charge in [0.1, 0.15) is 5.78 Å². The van der Waals surface area contributed by atoms with E-state index in [1.54, 1.807) is 6.07 Å². The highest BCUT2D eigenvalue weighted by Crippen LogP contribution is 2.32. The molecule has 1 nitrogen and oxygen atoms in total. The van der Waals surface area contributed by atoms with Crippen molar-refractivity contribution in [3.8, 4) is 0 Å². The fourth-order valence-electron chi connectivity index (χ4n) is 1.37.